The molecule has 0 radical (unpaired) electrons. The summed E-state index contributed by atoms with van der Waals surface area (Å²) in [6.07, 6.45) is 6.19. The Morgan fingerprint density at radius 2 is 2.06 bits per heavy atom. The van der Waals surface area contributed by atoms with Gasteiger partial charge < -0.3 is 10.0 Å². The maximum atomic E-state index is 11.6. The summed E-state index contributed by atoms with van der Waals surface area (Å²) in [5.41, 5.74) is -0.680. The van der Waals surface area contributed by atoms with Crippen LogP contribution in [0.15, 0.2) is 0 Å². The average molecular weight is 240 g/mol. The number of nitrogens with one attached hydrogen (secondary N) is 1. The highest BCUT2D eigenvalue weighted by molar-refractivity contribution is 5.79. The minimum Gasteiger partial charge on any atom is -0.480 e. The van der Waals surface area contributed by atoms with Crippen LogP contribution in [0.25, 0.3) is 0 Å². The highest BCUT2D eigenvalue weighted by Crippen LogP contribution is 2.29. The van der Waals surface area contributed by atoms with Crippen molar-refractivity contribution in [2.75, 3.05) is 13.6 Å². The zero-order chi connectivity index (χ0) is 12.5. The third-order valence-electron chi connectivity index (χ3n) is 4.53. The first-order chi connectivity index (χ1) is 8.03. The van der Waals surface area contributed by atoms with Gasteiger partial charge in [-0.15, -0.1) is 0 Å². The van der Waals surface area contributed by atoms with E-state index in [9.17, 15) is 9.90 Å². The van der Waals surface area contributed by atoms with Crippen LogP contribution < -0.4 is 5.32 Å². The van der Waals surface area contributed by atoms with Gasteiger partial charge in [0.15, 0.2) is 0 Å². The van der Waals surface area contributed by atoms with E-state index in [0.717, 1.165) is 32.2 Å². The van der Waals surface area contributed by atoms with Crippen molar-refractivity contribution in [1.29, 1.82) is 0 Å². The van der Waals surface area contributed by atoms with Crippen molar-refractivity contribution in [2.45, 2.75) is 63.1 Å². The van der Waals surface area contributed by atoms with Crippen molar-refractivity contribution in [3.63, 3.8) is 0 Å². The molecule has 1 saturated carbocycles. The minimum absolute atomic E-state index is 0.341. The van der Waals surface area contributed by atoms with Crippen molar-refractivity contribution >= 4 is 5.97 Å². The number of rotatable bonds is 3. The molecule has 0 aromatic rings. The lowest BCUT2D eigenvalue weighted by atomic mass is 9.83. The minimum atomic E-state index is -0.680. The van der Waals surface area contributed by atoms with Gasteiger partial charge in [0.05, 0.1) is 0 Å². The summed E-state index contributed by atoms with van der Waals surface area (Å²) in [4.78, 5) is 13.9. The first-order valence-corrected chi connectivity index (χ1v) is 6.75. The van der Waals surface area contributed by atoms with Gasteiger partial charge in [0.1, 0.15) is 5.54 Å². The van der Waals surface area contributed by atoms with Crippen LogP contribution in [0.1, 0.15) is 45.4 Å². The Kier molecular flexibility index (Phi) is 3.73. The van der Waals surface area contributed by atoms with E-state index < -0.39 is 11.5 Å². The number of carbonyl (C=O) groups is 1. The Morgan fingerprint density at radius 1 is 1.41 bits per heavy atom. The highest BCUT2D eigenvalue weighted by Gasteiger charge is 2.44. The van der Waals surface area contributed by atoms with E-state index in [1.54, 1.807) is 0 Å². The fourth-order valence-electron chi connectivity index (χ4n) is 3.20. The second-order valence-electron chi connectivity index (χ2n) is 5.80. The van der Waals surface area contributed by atoms with Gasteiger partial charge in [-0.3, -0.25) is 10.1 Å². The first kappa shape index (κ1) is 12.8. The van der Waals surface area contributed by atoms with E-state index >= 15 is 0 Å². The maximum Gasteiger partial charge on any atom is 0.324 e. The lowest BCUT2D eigenvalue weighted by molar-refractivity contribution is -0.148. The molecule has 0 aromatic carbocycles. The third kappa shape index (κ3) is 2.63. The van der Waals surface area contributed by atoms with E-state index in [2.05, 4.69) is 24.2 Å². The Balaban J connectivity index is 2.06. The molecule has 1 aliphatic heterocycles. The van der Waals surface area contributed by atoms with Gasteiger partial charge in [-0.2, -0.15) is 0 Å². The number of hydrogen-bond acceptors (Lipinski definition) is 3. The molecule has 1 heterocycles. The van der Waals surface area contributed by atoms with Crippen molar-refractivity contribution in [3.8, 4) is 0 Å². The van der Waals surface area contributed by atoms with E-state index in [1.807, 2.05) is 0 Å². The molecule has 0 bridgehead atoms. The van der Waals surface area contributed by atoms with E-state index in [-0.39, 0.29) is 0 Å². The Morgan fingerprint density at radius 3 is 2.59 bits per heavy atom. The zero-order valence-corrected chi connectivity index (χ0v) is 10.9. The molecule has 2 aliphatic rings. The molecular weight excluding hydrogens is 216 g/mol. The summed E-state index contributed by atoms with van der Waals surface area (Å²) in [5, 5.41) is 13.0. The molecule has 1 aliphatic carbocycles. The number of likely N-dealkylation sites (tertiary alicyclic amines) is 1. The smallest absolute Gasteiger partial charge is 0.324 e. The summed E-state index contributed by atoms with van der Waals surface area (Å²) in [6.45, 7) is 2.99. The van der Waals surface area contributed by atoms with Gasteiger partial charge in [-0.25, -0.2) is 0 Å². The van der Waals surface area contributed by atoms with E-state index in [4.69, 9.17) is 0 Å². The normalized spacial score (nSPS) is 36.2. The highest BCUT2D eigenvalue weighted by atomic mass is 16.4. The van der Waals surface area contributed by atoms with Crippen molar-refractivity contribution in [3.05, 3.63) is 0 Å². The Hall–Kier alpha value is -0.610. The van der Waals surface area contributed by atoms with Crippen LogP contribution in [-0.2, 0) is 4.79 Å². The quantitative estimate of drug-likeness (QED) is 0.784. The topological polar surface area (TPSA) is 52.6 Å². The molecule has 0 aromatic heterocycles. The first-order valence-electron chi connectivity index (χ1n) is 6.75. The number of carboxylic acid groups (broad SMARTS) is 1. The van der Waals surface area contributed by atoms with E-state index in [1.165, 1.54) is 12.8 Å². The fraction of sp³-hybridized carbons (Fsp3) is 0.923. The van der Waals surface area contributed by atoms with Crippen LogP contribution >= 0.6 is 0 Å². The molecule has 2 unspecified atom stereocenters. The molecule has 2 fully saturated rings. The van der Waals surface area contributed by atoms with Crippen LogP contribution in [-0.4, -0.2) is 47.2 Å². The molecule has 4 nitrogen and oxygen atoms in total. The fourth-order valence-corrected chi connectivity index (χ4v) is 3.20. The van der Waals surface area contributed by atoms with Crippen molar-refractivity contribution < 1.29 is 9.90 Å². The lowest BCUT2D eigenvalue weighted by Gasteiger charge is -2.43. The van der Waals surface area contributed by atoms with Crippen LogP contribution in [0.3, 0.4) is 0 Å². The van der Waals surface area contributed by atoms with Gasteiger partial charge in [0, 0.05) is 18.6 Å². The molecule has 17 heavy (non-hydrogen) atoms. The van der Waals surface area contributed by atoms with E-state index in [0.29, 0.717) is 12.1 Å². The third-order valence-corrected chi connectivity index (χ3v) is 4.53. The summed E-state index contributed by atoms with van der Waals surface area (Å²) in [6, 6.07) is 0.760. The van der Waals surface area contributed by atoms with Crippen LogP contribution in [0.5, 0.6) is 0 Å². The van der Waals surface area contributed by atoms with Crippen LogP contribution in [0.2, 0.25) is 0 Å². The summed E-state index contributed by atoms with van der Waals surface area (Å²) in [7, 11) is 2.08. The molecule has 2 N–H and O–H groups in total. The molecule has 2 atom stereocenters. The number of aliphatic carboxylic acids is 1. The van der Waals surface area contributed by atoms with Crippen LogP contribution in [0.4, 0.5) is 0 Å². The van der Waals surface area contributed by atoms with Gasteiger partial charge in [0.25, 0.3) is 0 Å². The number of hydrogen-bond donors (Lipinski definition) is 2. The SMILES string of the molecule is CC1CC(NC2CCCC2)(C(=O)O)CCN1C. The summed E-state index contributed by atoms with van der Waals surface area (Å²) >= 11 is 0. The predicted molar refractivity (Wildman–Crippen MR) is 67.1 cm³/mol. The number of piperidine rings is 1. The Bertz CT molecular complexity index is 289. The Labute approximate surface area is 103 Å². The van der Waals surface area contributed by atoms with Crippen LogP contribution in [0, 0.1) is 0 Å². The molecule has 0 spiro atoms. The summed E-state index contributed by atoms with van der Waals surface area (Å²) < 4.78 is 0. The molecule has 2 rings (SSSR count). The number of nitrogens with zero attached hydrogens (tertiary/aromatic N) is 1. The second kappa shape index (κ2) is 4.94. The molecule has 0 amide bonds. The second-order valence-corrected chi connectivity index (χ2v) is 5.80. The average Bonchev–Trinajstić information content (AvgIpc) is 2.76. The lowest BCUT2D eigenvalue weighted by Crippen LogP contribution is -2.62. The van der Waals surface area contributed by atoms with Gasteiger partial charge in [-0.05, 0) is 39.7 Å². The number of carboxylic acids is 1. The molecular formula is C13H24N2O2. The standard InChI is InChI=1S/C13H24N2O2/c1-10-9-13(12(16)17,7-8-15(10)2)14-11-5-3-4-6-11/h10-11,14H,3-9H2,1-2H3,(H,16,17). The largest absolute Gasteiger partial charge is 0.480 e. The molecule has 98 valence electrons. The zero-order valence-electron chi connectivity index (χ0n) is 10.9. The summed E-state index contributed by atoms with van der Waals surface area (Å²) in [5.74, 6) is -0.663. The maximum absolute atomic E-state index is 11.6. The van der Waals surface area contributed by atoms with Gasteiger partial charge in [-0.1, -0.05) is 12.8 Å². The predicted octanol–water partition coefficient (Wildman–Crippen LogP) is 1.46. The molecule has 4 heteroatoms. The van der Waals surface area contributed by atoms with Gasteiger partial charge >= 0.3 is 5.97 Å². The van der Waals surface area contributed by atoms with Crippen molar-refractivity contribution in [1.82, 2.24) is 10.2 Å². The van der Waals surface area contributed by atoms with Gasteiger partial charge in [0.2, 0.25) is 0 Å². The molecule has 1 saturated heterocycles. The van der Waals surface area contributed by atoms with Crippen molar-refractivity contribution in [2.24, 2.45) is 0 Å². The monoisotopic (exact) mass is 240 g/mol.